The van der Waals surface area contributed by atoms with Crippen LogP contribution in [-0.4, -0.2) is 23.3 Å². The van der Waals surface area contributed by atoms with Crippen molar-refractivity contribution in [2.45, 2.75) is 338 Å². The molecule has 0 saturated carbocycles. The van der Waals surface area contributed by atoms with Crippen LogP contribution in [0.4, 0.5) is 0 Å². The van der Waals surface area contributed by atoms with Crippen LogP contribution in [0.15, 0.2) is 71.4 Å². The maximum Gasteiger partial charge on any atom is 0.263 e. The smallest absolute Gasteiger partial charge is 0.263 e. The van der Waals surface area contributed by atoms with Gasteiger partial charge < -0.3 is 0 Å². The minimum Gasteiger partial charge on any atom is -0.274 e. The molecule has 2 aromatic carbocycles. The minimum absolute atomic E-state index is 0.0360. The van der Waals surface area contributed by atoms with Gasteiger partial charge in [-0.05, 0) is 152 Å². The van der Waals surface area contributed by atoms with Gasteiger partial charge >= 0.3 is 0 Å². The molecule has 102 heavy (non-hydrogen) atoms. The highest BCUT2D eigenvalue weighted by Crippen LogP contribution is 2.55. The summed E-state index contributed by atoms with van der Waals surface area (Å²) in [7, 11) is 0. The molecule has 10 rings (SSSR count). The Labute approximate surface area is 646 Å². The number of hydrogen-bond acceptors (Lipinski definition) is 9. The molecule has 556 valence electrons. The van der Waals surface area contributed by atoms with Crippen molar-refractivity contribution in [1.29, 1.82) is 0 Å². The molecule has 10 heteroatoms. The number of rotatable bonds is 53. The number of unbranched alkanes of at least 4 members (excludes halogenated alkanes) is 28. The standard InChI is InChI=1S/C92H129NO2S7/c1-9-17-23-27-31-34-38-42-48-68(47-41-37-30-26-20-12-4)65-93-91(94)83-84(92(93)95)90(102-89(83)85-69(55-57-96-85)49-43-39-35-32-28-24-18-10-2)86-70(50-44-40-36-33-29-25-19-11-3)61-81(100-86)82-64-78-75(80-54-52-72(99-80)60-67(16-8)46-22-14-6)63-76-77(88(78)101-82)62-74(73-56-58-97-87(73)76)79-53-51-71(98-79)59-66(15-7)45-21-13-5/h51-58,61-64,66-68H,9-50,59-60,65H2,1-8H3. The van der Waals surface area contributed by atoms with Gasteiger partial charge in [0.25, 0.3) is 11.8 Å². The summed E-state index contributed by atoms with van der Waals surface area (Å²) in [6, 6.07) is 24.8. The van der Waals surface area contributed by atoms with E-state index in [-0.39, 0.29) is 11.8 Å². The fraction of sp³-hybridized carbons (Fsp3) is 0.609. The quantitative estimate of drug-likeness (QED) is 0.0281. The number of imide groups is 1. The minimum atomic E-state index is -0.0373. The van der Waals surface area contributed by atoms with Gasteiger partial charge in [0.1, 0.15) is 0 Å². The van der Waals surface area contributed by atoms with E-state index in [0.29, 0.717) is 29.5 Å². The van der Waals surface area contributed by atoms with Gasteiger partial charge in [-0.3, -0.25) is 14.5 Å². The van der Waals surface area contributed by atoms with Gasteiger partial charge in [-0.1, -0.05) is 287 Å². The third-order valence-corrected chi connectivity index (χ3v) is 31.0. The lowest BCUT2D eigenvalue weighted by Gasteiger charge is -2.23. The Morgan fingerprint density at radius 1 is 0.324 bits per heavy atom. The second-order valence-corrected chi connectivity index (χ2v) is 38.1. The second kappa shape index (κ2) is 43.3. The summed E-state index contributed by atoms with van der Waals surface area (Å²) in [5, 5.41) is 10.1. The number of amides is 2. The second-order valence-electron chi connectivity index (χ2n) is 30.8. The van der Waals surface area contributed by atoms with Crippen molar-refractivity contribution in [3.8, 4) is 50.1 Å². The van der Waals surface area contributed by atoms with Crippen LogP contribution >= 0.6 is 79.4 Å². The first-order valence-electron chi connectivity index (χ1n) is 42.0. The van der Waals surface area contributed by atoms with Crippen LogP contribution in [0.1, 0.15) is 354 Å². The van der Waals surface area contributed by atoms with E-state index >= 15 is 9.59 Å². The van der Waals surface area contributed by atoms with Crippen LogP contribution in [0.5, 0.6) is 0 Å². The average molecular weight is 1510 g/mol. The van der Waals surface area contributed by atoms with E-state index in [1.54, 1.807) is 27.6 Å². The first-order valence-corrected chi connectivity index (χ1v) is 47.8. The topological polar surface area (TPSA) is 37.4 Å². The van der Waals surface area contributed by atoms with E-state index in [9.17, 15) is 0 Å². The Hall–Kier alpha value is -3.74. The van der Waals surface area contributed by atoms with Gasteiger partial charge in [0.05, 0.1) is 20.9 Å². The summed E-state index contributed by atoms with van der Waals surface area (Å²) in [6.07, 6.45) is 54.9. The van der Waals surface area contributed by atoms with Gasteiger partial charge in [0, 0.05) is 87.6 Å². The van der Waals surface area contributed by atoms with Crippen molar-refractivity contribution in [2.75, 3.05) is 6.54 Å². The molecule has 1 aliphatic rings. The highest BCUT2D eigenvalue weighted by atomic mass is 32.1. The lowest BCUT2D eigenvalue weighted by molar-refractivity contribution is 0.0622. The monoisotopic (exact) mass is 1500 g/mol. The number of fused-ring (bicyclic) bond motifs is 6. The van der Waals surface area contributed by atoms with Gasteiger partial charge in [-0.2, -0.15) is 0 Å². The number of thiophene rings is 7. The van der Waals surface area contributed by atoms with Crippen molar-refractivity contribution in [2.24, 2.45) is 17.8 Å². The number of hydrogen-bond donors (Lipinski definition) is 0. The molecule has 3 unspecified atom stereocenters. The highest BCUT2D eigenvalue weighted by molar-refractivity contribution is 7.30. The molecule has 0 bridgehead atoms. The number of benzene rings is 2. The van der Waals surface area contributed by atoms with Gasteiger partial charge in [-0.25, -0.2) is 0 Å². The number of nitrogens with zero attached hydrogens (tertiary/aromatic N) is 1. The first kappa shape index (κ1) is 80.8. The molecule has 3 nitrogen and oxygen atoms in total. The third kappa shape index (κ3) is 21.8. The zero-order chi connectivity index (χ0) is 71.4. The maximum atomic E-state index is 16.1. The van der Waals surface area contributed by atoms with Crippen LogP contribution in [0.25, 0.3) is 81.1 Å². The van der Waals surface area contributed by atoms with Crippen molar-refractivity contribution in [3.05, 3.63) is 103 Å². The number of aryl methyl sites for hydroxylation is 2. The first-order chi connectivity index (χ1) is 50.1. The molecule has 0 spiro atoms. The van der Waals surface area contributed by atoms with E-state index in [2.05, 4.69) is 127 Å². The molecule has 1 aliphatic heterocycles. The Bertz CT molecular complexity index is 3940. The fourth-order valence-corrected chi connectivity index (χ4v) is 24.7. The van der Waals surface area contributed by atoms with Gasteiger partial charge in [-0.15, -0.1) is 79.4 Å². The summed E-state index contributed by atoms with van der Waals surface area (Å²) >= 11 is 13.5. The Morgan fingerprint density at radius 2 is 0.755 bits per heavy atom. The van der Waals surface area contributed by atoms with Crippen LogP contribution < -0.4 is 0 Å². The highest BCUT2D eigenvalue weighted by Gasteiger charge is 2.44. The zero-order valence-corrected chi connectivity index (χ0v) is 70.3. The number of carbonyl (C=O) groups is 2. The third-order valence-electron chi connectivity index (χ3n) is 22.8. The van der Waals surface area contributed by atoms with Crippen LogP contribution in [0.3, 0.4) is 0 Å². The predicted octanol–water partition coefficient (Wildman–Crippen LogP) is 33.3. The Balaban J connectivity index is 1.08. The van der Waals surface area contributed by atoms with Crippen molar-refractivity contribution >= 4 is 122 Å². The lowest BCUT2D eigenvalue weighted by Crippen LogP contribution is -2.35. The summed E-state index contributed by atoms with van der Waals surface area (Å²) in [4.78, 5) is 46.6. The van der Waals surface area contributed by atoms with E-state index in [0.717, 1.165) is 60.6 Å². The number of carbonyl (C=O) groups excluding carboxylic acids is 2. The average Bonchev–Trinajstić information content (AvgIpc) is 1.55. The molecule has 0 N–H and O–H groups in total. The predicted molar refractivity (Wildman–Crippen MR) is 462 cm³/mol. The largest absolute Gasteiger partial charge is 0.274 e. The summed E-state index contributed by atoms with van der Waals surface area (Å²) in [6.45, 7) is 19.2. The molecule has 0 aliphatic carbocycles. The van der Waals surface area contributed by atoms with Crippen molar-refractivity contribution in [1.82, 2.24) is 4.90 Å². The zero-order valence-electron chi connectivity index (χ0n) is 64.6. The van der Waals surface area contributed by atoms with E-state index in [1.165, 1.54) is 330 Å². The van der Waals surface area contributed by atoms with E-state index < -0.39 is 0 Å². The summed E-state index contributed by atoms with van der Waals surface area (Å²) in [5.41, 5.74) is 6.84. The molecule has 2 amide bonds. The van der Waals surface area contributed by atoms with Crippen molar-refractivity contribution in [3.63, 3.8) is 0 Å². The van der Waals surface area contributed by atoms with Gasteiger partial charge in [0.2, 0.25) is 0 Å². The van der Waals surface area contributed by atoms with Gasteiger partial charge in [0.15, 0.2) is 0 Å². The summed E-state index contributed by atoms with van der Waals surface area (Å²) in [5.74, 6) is 1.68. The lowest BCUT2D eigenvalue weighted by atomic mass is 9.93. The fourth-order valence-electron chi connectivity index (χ4n) is 16.4. The van der Waals surface area contributed by atoms with E-state index in [4.69, 9.17) is 0 Å². The van der Waals surface area contributed by atoms with Crippen LogP contribution in [0.2, 0.25) is 0 Å². The molecule has 0 radical (unpaired) electrons. The SMILES string of the molecule is CCCCCCCCCCc1ccsc1-c1sc(-c2sc(-c3cc4c(-c5ccc(CC(CC)CCCC)s5)cc5c(cc(-c6ccc(CC(CC)CCCC)s6)c6ccsc65)c4s3)cc2CCCCCCCCCC)c2c1C(=O)N(CC(CCCCCCCC)CCCCCCCCCC)C2=O. The molecular weight excluding hydrogens is 1380 g/mol. The normalized spacial score (nSPS) is 13.6. The van der Waals surface area contributed by atoms with Crippen LogP contribution in [0, 0.1) is 17.8 Å². The summed E-state index contributed by atoms with van der Waals surface area (Å²) < 4.78 is 2.77. The molecule has 3 atom stereocenters. The van der Waals surface area contributed by atoms with Crippen LogP contribution in [-0.2, 0) is 25.7 Å². The van der Waals surface area contributed by atoms with Crippen molar-refractivity contribution < 1.29 is 9.59 Å². The maximum absolute atomic E-state index is 16.1. The Kier molecular flexibility index (Phi) is 34.3. The molecule has 7 aromatic heterocycles. The molecular formula is C92H129NO2S7. The molecule has 8 heterocycles. The molecule has 0 fully saturated rings. The molecule has 0 saturated heterocycles. The Morgan fingerprint density at radius 3 is 1.26 bits per heavy atom. The van der Waals surface area contributed by atoms with E-state index in [1.807, 2.05) is 56.7 Å². The molecule has 9 aromatic rings.